The van der Waals surface area contributed by atoms with Crippen LogP contribution in [-0.2, 0) is 17.4 Å². The number of aromatic nitrogens is 1. The second kappa shape index (κ2) is 10.5. The number of aryl methyl sites for hydroxylation is 1. The van der Waals surface area contributed by atoms with E-state index < -0.39 is 11.0 Å². The van der Waals surface area contributed by atoms with Crippen LogP contribution in [0.2, 0.25) is 0 Å². The maximum atomic E-state index is 13.6. The second-order valence-electron chi connectivity index (χ2n) is 10.8. The van der Waals surface area contributed by atoms with E-state index in [4.69, 9.17) is 0 Å². The van der Waals surface area contributed by atoms with E-state index in [1.165, 1.54) is 11.3 Å². The number of hydrogen-bond acceptors (Lipinski definition) is 5. The lowest BCUT2D eigenvalue weighted by Gasteiger charge is -2.40. The highest BCUT2D eigenvalue weighted by molar-refractivity contribution is 7.83. The van der Waals surface area contributed by atoms with Gasteiger partial charge >= 0.3 is 0 Å². The summed E-state index contributed by atoms with van der Waals surface area (Å²) in [7, 11) is 0.488. The van der Waals surface area contributed by atoms with Crippen LogP contribution in [0.15, 0.2) is 71.9 Å². The van der Waals surface area contributed by atoms with Gasteiger partial charge in [0, 0.05) is 62.9 Å². The summed E-state index contributed by atoms with van der Waals surface area (Å²) in [6.45, 7) is 3.69. The third kappa shape index (κ3) is 4.83. The summed E-state index contributed by atoms with van der Waals surface area (Å²) in [6, 6.07) is 17.9. The fourth-order valence-corrected chi connectivity index (χ4v) is 7.58. The lowest BCUT2D eigenvalue weighted by molar-refractivity contribution is 0.0764. The third-order valence-electron chi connectivity index (χ3n) is 8.65. The molecule has 6 rings (SSSR count). The van der Waals surface area contributed by atoms with Gasteiger partial charge in [0.25, 0.3) is 5.91 Å². The fourth-order valence-electron chi connectivity index (χ4n) is 6.38. The molecule has 3 aromatic rings. The van der Waals surface area contributed by atoms with Crippen LogP contribution >= 0.6 is 0 Å². The zero-order valence-corrected chi connectivity index (χ0v) is 22.7. The predicted molar refractivity (Wildman–Crippen MR) is 152 cm³/mol. The highest BCUT2D eigenvalue weighted by atomic mass is 32.2. The summed E-state index contributed by atoms with van der Waals surface area (Å²) in [5.41, 5.74) is 5.39. The molecule has 8 heteroatoms. The minimum absolute atomic E-state index is 0.0362. The molecule has 2 N–H and O–H groups in total. The van der Waals surface area contributed by atoms with Crippen LogP contribution in [0.3, 0.4) is 0 Å². The Morgan fingerprint density at radius 3 is 2.58 bits per heavy atom. The van der Waals surface area contributed by atoms with Crippen LogP contribution in [0.1, 0.15) is 53.2 Å². The topological polar surface area (TPSA) is 77.6 Å². The molecule has 198 valence electrons. The molecule has 2 aliphatic heterocycles. The Morgan fingerprint density at radius 1 is 1.03 bits per heavy atom. The minimum atomic E-state index is -1.35. The molecule has 2 atom stereocenters. The molecule has 7 nitrogen and oxygen atoms in total. The molecule has 2 unspecified atom stereocenters. The van der Waals surface area contributed by atoms with Gasteiger partial charge in [0.05, 0.1) is 10.6 Å². The normalized spacial score (nSPS) is 20.9. The number of carbonyl (C=O) groups is 1. The first kappa shape index (κ1) is 25.1. The smallest absolute Gasteiger partial charge is 0.253 e. The Kier molecular flexibility index (Phi) is 6.93. The maximum absolute atomic E-state index is 13.6. The summed E-state index contributed by atoms with van der Waals surface area (Å²) >= 11 is 0. The minimum Gasteiger partial charge on any atom is -0.387 e. The van der Waals surface area contributed by atoms with Gasteiger partial charge in [-0.15, -0.1) is 0 Å². The van der Waals surface area contributed by atoms with Crippen molar-refractivity contribution in [3.05, 3.63) is 83.7 Å². The van der Waals surface area contributed by atoms with Crippen molar-refractivity contribution >= 4 is 28.3 Å². The number of anilines is 2. The first-order valence-corrected chi connectivity index (χ1v) is 14.7. The molecule has 3 aliphatic rings. The molecular formula is C30H35N5O2S. The molecule has 1 aliphatic carbocycles. The van der Waals surface area contributed by atoms with Gasteiger partial charge in [-0.3, -0.25) is 9.78 Å². The summed E-state index contributed by atoms with van der Waals surface area (Å²) in [4.78, 5) is 23.0. The lowest BCUT2D eigenvalue weighted by atomic mass is 9.77. The summed E-state index contributed by atoms with van der Waals surface area (Å²) in [5.74, 6) is 0.119. The van der Waals surface area contributed by atoms with Crippen molar-refractivity contribution in [2.24, 2.45) is 5.41 Å². The first-order chi connectivity index (χ1) is 18.5. The van der Waals surface area contributed by atoms with Gasteiger partial charge in [-0.05, 0) is 85.0 Å². The quantitative estimate of drug-likeness (QED) is 0.490. The highest BCUT2D eigenvalue weighted by Crippen LogP contribution is 2.42. The number of pyridine rings is 1. The van der Waals surface area contributed by atoms with Gasteiger partial charge in [0.2, 0.25) is 0 Å². The molecule has 0 saturated carbocycles. The standard InChI is InChI=1S/C30H35N5O2S/c1-31-27-4-2-3-5-28(27)38(37)33-26-9-8-22-6-7-23(20-25(22)26)29(36)35-19-14-30(21-35)12-17-34(18-13-30)24-10-15-32-16-11-24/h2-7,10-11,15-16,20,26,31,33H,8-9,12-14,17-19,21H2,1H3. The number of para-hydroxylation sites is 1. The molecule has 0 bridgehead atoms. The molecule has 1 spiro atoms. The molecular weight excluding hydrogens is 494 g/mol. The molecule has 2 fully saturated rings. The van der Waals surface area contributed by atoms with Crippen LogP contribution in [0.25, 0.3) is 0 Å². The van der Waals surface area contributed by atoms with E-state index in [0.29, 0.717) is 0 Å². The van der Waals surface area contributed by atoms with E-state index in [1.807, 2.05) is 55.8 Å². The maximum Gasteiger partial charge on any atom is 0.253 e. The number of piperidine rings is 1. The van der Waals surface area contributed by atoms with E-state index in [1.54, 1.807) is 0 Å². The van der Waals surface area contributed by atoms with Crippen molar-refractivity contribution in [2.75, 3.05) is 43.4 Å². The number of carbonyl (C=O) groups excluding carboxylic acids is 1. The first-order valence-electron chi connectivity index (χ1n) is 13.6. The largest absolute Gasteiger partial charge is 0.387 e. The molecule has 2 aromatic carbocycles. The van der Waals surface area contributed by atoms with E-state index in [0.717, 1.165) is 80.0 Å². The van der Waals surface area contributed by atoms with Crippen molar-refractivity contribution < 1.29 is 9.00 Å². The Morgan fingerprint density at radius 2 is 1.79 bits per heavy atom. The third-order valence-corrected chi connectivity index (χ3v) is 9.91. The zero-order valence-electron chi connectivity index (χ0n) is 21.9. The van der Waals surface area contributed by atoms with Gasteiger partial charge in [-0.1, -0.05) is 18.2 Å². The fraction of sp³-hybridized carbons (Fsp3) is 0.400. The van der Waals surface area contributed by atoms with Crippen LogP contribution in [0.4, 0.5) is 11.4 Å². The van der Waals surface area contributed by atoms with Gasteiger partial charge < -0.3 is 15.1 Å². The second-order valence-corrected chi connectivity index (χ2v) is 12.0. The molecule has 2 saturated heterocycles. The van der Waals surface area contributed by atoms with E-state index in [2.05, 4.69) is 43.0 Å². The van der Waals surface area contributed by atoms with Gasteiger partial charge in [-0.2, -0.15) is 0 Å². The number of nitrogens with zero attached hydrogens (tertiary/aromatic N) is 3. The predicted octanol–water partition coefficient (Wildman–Crippen LogP) is 4.56. The zero-order chi connectivity index (χ0) is 26.1. The average molecular weight is 530 g/mol. The molecule has 1 amide bonds. The van der Waals surface area contributed by atoms with E-state index >= 15 is 0 Å². The summed E-state index contributed by atoms with van der Waals surface area (Å²) in [5, 5.41) is 3.12. The molecule has 38 heavy (non-hydrogen) atoms. The average Bonchev–Trinajstić information content (AvgIpc) is 3.57. The van der Waals surface area contributed by atoms with Crippen LogP contribution in [0.5, 0.6) is 0 Å². The SMILES string of the molecule is CNc1ccccc1S(=O)NC1CCc2ccc(C(=O)N3CCC4(CCN(c5ccncc5)CC4)C3)cc21. The van der Waals surface area contributed by atoms with Crippen molar-refractivity contribution in [1.29, 1.82) is 0 Å². The molecule has 1 aromatic heterocycles. The molecule has 3 heterocycles. The van der Waals surface area contributed by atoms with Gasteiger partial charge in [0.15, 0.2) is 0 Å². The number of amides is 1. The Balaban J connectivity index is 1.12. The van der Waals surface area contributed by atoms with Crippen LogP contribution in [0, 0.1) is 5.41 Å². The van der Waals surface area contributed by atoms with E-state index in [-0.39, 0.29) is 17.4 Å². The van der Waals surface area contributed by atoms with Gasteiger partial charge in [0.1, 0.15) is 11.0 Å². The van der Waals surface area contributed by atoms with Crippen molar-refractivity contribution in [3.8, 4) is 0 Å². The number of hydrogen-bond donors (Lipinski definition) is 2. The Hall–Kier alpha value is -3.23. The Labute approximate surface area is 227 Å². The van der Waals surface area contributed by atoms with Crippen molar-refractivity contribution in [3.63, 3.8) is 0 Å². The lowest BCUT2D eigenvalue weighted by Crippen LogP contribution is -2.42. The monoisotopic (exact) mass is 529 g/mol. The summed E-state index contributed by atoms with van der Waals surface area (Å²) < 4.78 is 16.5. The molecule has 0 radical (unpaired) electrons. The number of fused-ring (bicyclic) bond motifs is 1. The van der Waals surface area contributed by atoms with Crippen LogP contribution < -0.4 is 14.9 Å². The number of rotatable bonds is 6. The van der Waals surface area contributed by atoms with Gasteiger partial charge in [-0.25, -0.2) is 8.93 Å². The number of benzene rings is 2. The number of nitrogens with one attached hydrogen (secondary N) is 2. The number of likely N-dealkylation sites (tertiary alicyclic amines) is 1. The van der Waals surface area contributed by atoms with Crippen LogP contribution in [-0.4, -0.2) is 53.2 Å². The van der Waals surface area contributed by atoms with Crippen molar-refractivity contribution in [2.45, 2.75) is 43.0 Å². The van der Waals surface area contributed by atoms with E-state index in [9.17, 15) is 9.00 Å². The van der Waals surface area contributed by atoms with Crippen molar-refractivity contribution in [1.82, 2.24) is 14.6 Å². The Bertz CT molecular complexity index is 1340. The summed E-state index contributed by atoms with van der Waals surface area (Å²) in [6.07, 6.45) is 8.79. The highest BCUT2D eigenvalue weighted by Gasteiger charge is 2.42.